The summed E-state index contributed by atoms with van der Waals surface area (Å²) < 4.78 is 38.1. The molecule has 4 nitrogen and oxygen atoms in total. The van der Waals surface area contributed by atoms with E-state index in [1.54, 1.807) is 11.6 Å². The van der Waals surface area contributed by atoms with Crippen molar-refractivity contribution in [3.63, 3.8) is 0 Å². The lowest BCUT2D eigenvalue weighted by Gasteiger charge is -2.41. The molecule has 3 aromatic rings. The topological polar surface area (TPSA) is 54.9 Å². The third-order valence-electron chi connectivity index (χ3n) is 4.91. The molecule has 0 spiro atoms. The Morgan fingerprint density at radius 2 is 1.86 bits per heavy atom. The van der Waals surface area contributed by atoms with Crippen LogP contribution in [0.3, 0.4) is 0 Å². The number of rotatable bonds is 4. The fourth-order valence-electron chi connectivity index (χ4n) is 3.22. The number of pyridine rings is 1. The molecule has 0 saturated heterocycles. The third kappa shape index (κ3) is 3.52. The van der Waals surface area contributed by atoms with E-state index in [2.05, 4.69) is 15.3 Å². The highest BCUT2D eigenvalue weighted by Crippen LogP contribution is 2.40. The van der Waals surface area contributed by atoms with Crippen molar-refractivity contribution in [2.24, 2.45) is 0 Å². The van der Waals surface area contributed by atoms with Crippen LogP contribution in [0.15, 0.2) is 54.0 Å². The molecule has 0 radical (unpaired) electrons. The first-order chi connectivity index (χ1) is 13.4. The quantitative estimate of drug-likeness (QED) is 0.665. The smallest absolute Gasteiger partial charge is 0.340 e. The van der Waals surface area contributed by atoms with Gasteiger partial charge in [-0.2, -0.15) is 13.2 Å². The van der Waals surface area contributed by atoms with Crippen LogP contribution in [0.1, 0.15) is 41.0 Å². The first-order valence-electron chi connectivity index (χ1n) is 8.75. The second-order valence-corrected chi connectivity index (χ2v) is 7.58. The van der Waals surface area contributed by atoms with Crippen molar-refractivity contribution in [1.29, 1.82) is 0 Å². The summed E-state index contributed by atoms with van der Waals surface area (Å²) in [4.78, 5) is 21.4. The maximum absolute atomic E-state index is 12.7. The van der Waals surface area contributed by atoms with Crippen LogP contribution in [-0.4, -0.2) is 15.9 Å². The maximum Gasteiger partial charge on any atom is 0.416 e. The zero-order valence-electron chi connectivity index (χ0n) is 14.7. The lowest BCUT2D eigenvalue weighted by atomic mass is 9.74. The van der Waals surface area contributed by atoms with Gasteiger partial charge in [0.2, 0.25) is 0 Å². The van der Waals surface area contributed by atoms with E-state index in [1.807, 2.05) is 18.2 Å². The van der Waals surface area contributed by atoms with E-state index in [-0.39, 0.29) is 11.6 Å². The number of hydrogen-bond acceptors (Lipinski definition) is 4. The van der Waals surface area contributed by atoms with Crippen LogP contribution >= 0.6 is 11.3 Å². The van der Waals surface area contributed by atoms with Crippen LogP contribution < -0.4 is 5.32 Å². The number of aromatic nitrogens is 2. The van der Waals surface area contributed by atoms with Crippen molar-refractivity contribution in [1.82, 2.24) is 15.3 Å². The van der Waals surface area contributed by atoms with Gasteiger partial charge >= 0.3 is 6.18 Å². The molecule has 0 unspecified atom stereocenters. The molecule has 4 rings (SSSR count). The van der Waals surface area contributed by atoms with Crippen molar-refractivity contribution >= 4 is 17.2 Å². The van der Waals surface area contributed by atoms with E-state index in [4.69, 9.17) is 0 Å². The summed E-state index contributed by atoms with van der Waals surface area (Å²) >= 11 is 1.22. The number of amides is 1. The Bertz CT molecular complexity index is 980. The zero-order valence-corrected chi connectivity index (χ0v) is 15.5. The predicted molar refractivity (Wildman–Crippen MR) is 99.8 cm³/mol. The van der Waals surface area contributed by atoms with E-state index < -0.39 is 17.3 Å². The second-order valence-electron chi connectivity index (χ2n) is 6.72. The van der Waals surface area contributed by atoms with Gasteiger partial charge in [-0.3, -0.25) is 9.78 Å². The summed E-state index contributed by atoms with van der Waals surface area (Å²) in [6.45, 7) is 0. The van der Waals surface area contributed by atoms with Crippen LogP contribution in [0.4, 0.5) is 13.2 Å². The van der Waals surface area contributed by atoms with Gasteiger partial charge < -0.3 is 5.32 Å². The summed E-state index contributed by atoms with van der Waals surface area (Å²) in [7, 11) is 0. The molecular formula is C20H16F3N3OS. The molecule has 1 aliphatic carbocycles. The lowest BCUT2D eigenvalue weighted by molar-refractivity contribution is -0.137. The number of thiazole rings is 1. The number of nitrogens with one attached hydrogen (secondary N) is 1. The van der Waals surface area contributed by atoms with Crippen molar-refractivity contribution in [2.75, 3.05) is 0 Å². The minimum Gasteiger partial charge on any atom is -0.340 e. The normalized spacial score (nSPS) is 15.7. The average Bonchev–Trinajstić information content (AvgIpc) is 3.15. The Hall–Kier alpha value is -2.74. The van der Waals surface area contributed by atoms with Crippen molar-refractivity contribution in [3.05, 3.63) is 71.0 Å². The monoisotopic (exact) mass is 403 g/mol. The SMILES string of the molecule is O=C(NC1(c2ccccn2)CCC1)c1csc(-c2ccc(C(F)(F)F)cc2)n1. The van der Waals surface area contributed by atoms with Crippen LogP contribution in [0.25, 0.3) is 10.6 Å². The van der Waals surface area contributed by atoms with Gasteiger partial charge in [-0.05, 0) is 43.5 Å². The fourth-order valence-corrected chi connectivity index (χ4v) is 4.02. The number of benzene rings is 1. The Balaban J connectivity index is 1.52. The van der Waals surface area contributed by atoms with Gasteiger partial charge in [0.1, 0.15) is 10.7 Å². The average molecular weight is 403 g/mol. The Labute approximate surface area is 163 Å². The molecule has 144 valence electrons. The van der Waals surface area contributed by atoms with E-state index in [0.29, 0.717) is 10.6 Å². The molecule has 0 aliphatic heterocycles. The van der Waals surface area contributed by atoms with E-state index in [1.165, 1.54) is 23.5 Å². The molecule has 1 amide bonds. The van der Waals surface area contributed by atoms with E-state index >= 15 is 0 Å². The lowest BCUT2D eigenvalue weighted by Crippen LogP contribution is -2.51. The van der Waals surface area contributed by atoms with Gasteiger partial charge in [0, 0.05) is 17.1 Å². The zero-order chi connectivity index (χ0) is 19.8. The number of hydrogen-bond donors (Lipinski definition) is 1. The highest BCUT2D eigenvalue weighted by Gasteiger charge is 2.41. The summed E-state index contributed by atoms with van der Waals surface area (Å²) in [5.41, 5.74) is 0.430. The fraction of sp³-hybridized carbons (Fsp3) is 0.250. The van der Waals surface area contributed by atoms with Gasteiger partial charge in [-0.15, -0.1) is 11.3 Å². The standard InChI is InChI=1S/C20H16F3N3OS/c21-20(22,23)14-7-5-13(6-8-14)18-25-15(12-28-18)17(27)26-19(9-3-10-19)16-4-1-2-11-24-16/h1-2,4-8,11-12H,3,9-10H2,(H,26,27). The second kappa shape index (κ2) is 7.01. The number of carbonyl (C=O) groups excluding carboxylic acids is 1. The predicted octanol–water partition coefficient (Wildman–Crippen LogP) is 5.03. The van der Waals surface area contributed by atoms with E-state index in [9.17, 15) is 18.0 Å². The number of halogens is 3. The van der Waals surface area contributed by atoms with Gasteiger partial charge in [-0.1, -0.05) is 18.2 Å². The molecule has 1 aromatic carbocycles. The van der Waals surface area contributed by atoms with Crippen molar-refractivity contribution in [2.45, 2.75) is 31.0 Å². The summed E-state index contributed by atoms with van der Waals surface area (Å²) in [5, 5.41) is 5.17. The molecule has 1 N–H and O–H groups in total. The van der Waals surface area contributed by atoms with Crippen molar-refractivity contribution < 1.29 is 18.0 Å². The molecule has 1 saturated carbocycles. The molecule has 1 fully saturated rings. The number of nitrogens with zero attached hydrogens (tertiary/aromatic N) is 2. The molecule has 28 heavy (non-hydrogen) atoms. The van der Waals surface area contributed by atoms with Crippen LogP contribution in [0.5, 0.6) is 0 Å². The minimum absolute atomic E-state index is 0.252. The Morgan fingerprint density at radius 1 is 1.11 bits per heavy atom. The van der Waals surface area contributed by atoms with Gasteiger partial charge in [0.15, 0.2) is 0 Å². The van der Waals surface area contributed by atoms with Gasteiger partial charge in [-0.25, -0.2) is 4.98 Å². The third-order valence-corrected chi connectivity index (χ3v) is 5.80. The molecule has 1 aliphatic rings. The van der Waals surface area contributed by atoms with Crippen LogP contribution in [0.2, 0.25) is 0 Å². The molecule has 8 heteroatoms. The maximum atomic E-state index is 12.7. The van der Waals surface area contributed by atoms with Crippen LogP contribution in [-0.2, 0) is 11.7 Å². The number of carbonyl (C=O) groups is 1. The number of alkyl halides is 3. The molecule has 2 heterocycles. The Morgan fingerprint density at radius 3 is 2.43 bits per heavy atom. The molecule has 0 bridgehead atoms. The van der Waals surface area contributed by atoms with E-state index in [0.717, 1.165) is 37.1 Å². The molecule has 0 atom stereocenters. The largest absolute Gasteiger partial charge is 0.416 e. The van der Waals surface area contributed by atoms with Gasteiger partial charge in [0.25, 0.3) is 5.91 Å². The molecular weight excluding hydrogens is 387 g/mol. The Kier molecular flexibility index (Phi) is 4.66. The minimum atomic E-state index is -4.38. The highest BCUT2D eigenvalue weighted by molar-refractivity contribution is 7.13. The summed E-state index contributed by atoms with van der Waals surface area (Å²) in [6.07, 6.45) is -0.0514. The van der Waals surface area contributed by atoms with Gasteiger partial charge in [0.05, 0.1) is 16.8 Å². The highest BCUT2D eigenvalue weighted by atomic mass is 32.1. The summed E-state index contributed by atoms with van der Waals surface area (Å²) in [6, 6.07) is 10.4. The summed E-state index contributed by atoms with van der Waals surface area (Å²) in [5.74, 6) is -0.306. The first-order valence-corrected chi connectivity index (χ1v) is 9.63. The molecule has 2 aromatic heterocycles. The van der Waals surface area contributed by atoms with Crippen molar-refractivity contribution in [3.8, 4) is 10.6 Å². The first kappa shape index (κ1) is 18.6. The van der Waals surface area contributed by atoms with Crippen LogP contribution in [0, 0.1) is 0 Å².